The Labute approximate surface area is 416 Å². The van der Waals surface area contributed by atoms with E-state index in [-0.39, 0.29) is 66.8 Å². The summed E-state index contributed by atoms with van der Waals surface area (Å²) in [5.41, 5.74) is 1.46. The van der Waals surface area contributed by atoms with Crippen LogP contribution in [0.1, 0.15) is 145 Å². The Hall–Kier alpha value is -3.31. The predicted molar refractivity (Wildman–Crippen MR) is 261 cm³/mol. The van der Waals surface area contributed by atoms with Crippen LogP contribution in [-0.4, -0.2) is 138 Å². The molecule has 3 unspecified atom stereocenters. The lowest BCUT2D eigenvalue weighted by Gasteiger charge is -2.47. The average molecular weight is 984 g/mol. The second kappa shape index (κ2) is 23.3. The Bertz CT molecular complexity index is 1980. The van der Waals surface area contributed by atoms with Gasteiger partial charge in [-0.3, -0.25) is 14.4 Å². The number of esters is 2. The zero-order valence-electron chi connectivity index (χ0n) is 43.9. The average Bonchev–Trinajstić information content (AvgIpc) is 3.66. The molecule has 17 atom stereocenters. The largest absolute Gasteiger partial charge is 0.459 e. The van der Waals surface area contributed by atoms with Crippen molar-refractivity contribution >= 4 is 29.4 Å². The molecule has 394 valence electrons. The van der Waals surface area contributed by atoms with Gasteiger partial charge in [-0.25, -0.2) is 9.59 Å². The Morgan fingerprint density at radius 3 is 2.20 bits per heavy atom. The third-order valence-corrected chi connectivity index (χ3v) is 18.1. The van der Waals surface area contributed by atoms with E-state index in [1.165, 1.54) is 25.2 Å². The number of ketones is 2. The van der Waals surface area contributed by atoms with Crippen LogP contribution in [-0.2, 0) is 52.4 Å². The smallest absolute Gasteiger partial charge is 0.330 e. The van der Waals surface area contributed by atoms with Crippen molar-refractivity contribution in [3.8, 4) is 0 Å². The van der Waals surface area contributed by atoms with Crippen LogP contribution in [0.2, 0.25) is 0 Å². The minimum absolute atomic E-state index is 0.0532. The van der Waals surface area contributed by atoms with Gasteiger partial charge in [0, 0.05) is 63.5 Å². The summed E-state index contributed by atoms with van der Waals surface area (Å²) in [4.78, 5) is 72.4. The number of methoxy groups -OCH3 is 3. The minimum atomic E-state index is -2.55. The van der Waals surface area contributed by atoms with E-state index in [0.29, 0.717) is 56.4 Å². The van der Waals surface area contributed by atoms with Crippen LogP contribution in [0.15, 0.2) is 35.5 Å². The van der Waals surface area contributed by atoms with Crippen LogP contribution in [0.25, 0.3) is 0 Å². The Kier molecular flexibility index (Phi) is 18.6. The molecule has 3 aliphatic heterocycles. The predicted octanol–water partition coefficient (Wildman–Crippen LogP) is 6.77. The number of allylic oxidation sites excluding steroid dienone is 4. The number of fused-ring (bicyclic) bond motifs is 5. The molecular formula is C55H85NO14. The van der Waals surface area contributed by atoms with Gasteiger partial charge in [-0.1, -0.05) is 65.3 Å². The number of carbonyl (C=O) groups is 5. The number of rotatable bonds is 9. The monoisotopic (exact) mass is 984 g/mol. The van der Waals surface area contributed by atoms with Gasteiger partial charge in [0.1, 0.15) is 30.1 Å². The van der Waals surface area contributed by atoms with Gasteiger partial charge in [0.15, 0.2) is 0 Å². The van der Waals surface area contributed by atoms with Gasteiger partial charge in [0.25, 0.3) is 11.7 Å². The molecule has 3 heterocycles. The first-order chi connectivity index (χ1) is 33.0. The third kappa shape index (κ3) is 11.9. The lowest BCUT2D eigenvalue weighted by atomic mass is 9.70. The normalized spacial score (nSPS) is 42.4. The quantitative estimate of drug-likeness (QED) is 0.0945. The van der Waals surface area contributed by atoms with Crippen molar-refractivity contribution in [2.45, 2.75) is 206 Å². The van der Waals surface area contributed by atoms with Crippen LogP contribution >= 0.6 is 0 Å². The second-order valence-corrected chi connectivity index (χ2v) is 22.9. The molecule has 2 saturated heterocycles. The van der Waals surface area contributed by atoms with Gasteiger partial charge < -0.3 is 48.6 Å². The van der Waals surface area contributed by atoms with Gasteiger partial charge in [-0.05, 0) is 126 Å². The Morgan fingerprint density at radius 1 is 0.871 bits per heavy atom. The molecule has 1 amide bonds. The summed E-state index contributed by atoms with van der Waals surface area (Å²) in [7, 11) is 4.59. The highest BCUT2D eigenvalue weighted by molar-refractivity contribution is 6.39. The number of hydrogen-bond acceptors (Lipinski definition) is 14. The lowest BCUT2D eigenvalue weighted by Crippen LogP contribution is -2.64. The fraction of sp³-hybridized carbons (Fsp3) is 0.800. The zero-order chi connectivity index (χ0) is 51.5. The minimum Gasteiger partial charge on any atom is -0.459 e. The van der Waals surface area contributed by atoms with Crippen LogP contribution in [0.3, 0.4) is 0 Å². The van der Waals surface area contributed by atoms with Crippen LogP contribution in [0.4, 0.5) is 0 Å². The maximum absolute atomic E-state index is 14.6. The summed E-state index contributed by atoms with van der Waals surface area (Å²) >= 11 is 0. The number of carbonyl (C=O) groups excluding carboxylic acids is 5. The van der Waals surface area contributed by atoms with E-state index in [1.807, 2.05) is 26.0 Å². The summed E-state index contributed by atoms with van der Waals surface area (Å²) in [6.07, 6.45) is 8.07. The van der Waals surface area contributed by atoms with E-state index in [9.17, 15) is 39.3 Å². The Balaban J connectivity index is 1.34. The van der Waals surface area contributed by atoms with E-state index in [2.05, 4.69) is 20.8 Å². The maximum Gasteiger partial charge on any atom is 0.330 e. The number of ether oxygens (including phenoxy) is 6. The first-order valence-electron chi connectivity index (χ1n) is 26.1. The number of aliphatic hydroxyl groups is 3. The molecule has 6 aliphatic rings. The van der Waals surface area contributed by atoms with Crippen molar-refractivity contribution < 1.29 is 67.7 Å². The molecule has 0 radical (unpaired) electrons. The van der Waals surface area contributed by atoms with E-state index in [0.717, 1.165) is 24.8 Å². The molecule has 0 aromatic heterocycles. The molecule has 70 heavy (non-hydrogen) atoms. The van der Waals surface area contributed by atoms with Crippen molar-refractivity contribution in [2.24, 2.45) is 46.3 Å². The SMILES string of the molecule is CO[C@H]1C[C@@H](C)C/C(C)=C/[C@@H](C/C=C/C(=O)OC2CC3CCC2(C)C3(C)C)C(=O)C[C@H](O)[C@@H](C)[C@@H](/C(C)=C/[C@@H]2CC[C@@H](O)[C@H](OC)C2)OC(=O)[C@@H]2CCCCN2C(=O)C(=O)[C@]2(O)O[C@H]1[C@@H](OC)C[C@H]2C. The van der Waals surface area contributed by atoms with E-state index < -0.39 is 95.9 Å². The highest BCUT2D eigenvalue weighted by atomic mass is 16.7. The summed E-state index contributed by atoms with van der Waals surface area (Å²) in [5, 5.41) is 34.8. The first kappa shape index (κ1) is 56.0. The van der Waals surface area contributed by atoms with E-state index in [4.69, 9.17) is 28.4 Å². The van der Waals surface area contributed by atoms with Gasteiger partial charge in [0.2, 0.25) is 5.79 Å². The summed E-state index contributed by atoms with van der Waals surface area (Å²) in [6.45, 7) is 15.9. The Morgan fingerprint density at radius 2 is 1.56 bits per heavy atom. The van der Waals surface area contributed by atoms with Gasteiger partial charge >= 0.3 is 11.9 Å². The fourth-order valence-corrected chi connectivity index (χ4v) is 13.0. The van der Waals surface area contributed by atoms with Crippen molar-refractivity contribution in [2.75, 3.05) is 27.9 Å². The lowest BCUT2D eigenvalue weighted by molar-refractivity contribution is -0.302. The molecule has 3 N–H and O–H groups in total. The molecule has 5 fully saturated rings. The fourth-order valence-electron chi connectivity index (χ4n) is 13.0. The molecule has 15 nitrogen and oxygen atoms in total. The van der Waals surface area contributed by atoms with Gasteiger partial charge in [-0.15, -0.1) is 0 Å². The highest BCUT2D eigenvalue weighted by Gasteiger charge is 2.63. The van der Waals surface area contributed by atoms with E-state index in [1.54, 1.807) is 34.0 Å². The number of Topliss-reactive ketones (excluding diaryl/α,β-unsaturated/α-hetero) is 2. The van der Waals surface area contributed by atoms with Crippen LogP contribution < -0.4 is 0 Å². The molecule has 4 bridgehead atoms. The number of piperidine rings is 1. The number of aliphatic hydroxyl groups excluding tert-OH is 2. The topological polar surface area (TPSA) is 205 Å². The maximum atomic E-state index is 14.6. The van der Waals surface area contributed by atoms with Crippen molar-refractivity contribution in [3.05, 3.63) is 35.5 Å². The summed E-state index contributed by atoms with van der Waals surface area (Å²) < 4.78 is 36.2. The molecule has 3 aliphatic carbocycles. The van der Waals surface area contributed by atoms with Crippen molar-refractivity contribution in [3.63, 3.8) is 0 Å². The highest BCUT2D eigenvalue weighted by Crippen LogP contribution is 2.66. The van der Waals surface area contributed by atoms with Gasteiger partial charge in [-0.2, -0.15) is 0 Å². The summed E-state index contributed by atoms with van der Waals surface area (Å²) in [6, 6.07) is -1.19. The van der Waals surface area contributed by atoms with Crippen molar-refractivity contribution in [1.29, 1.82) is 0 Å². The zero-order valence-corrected chi connectivity index (χ0v) is 43.9. The number of nitrogens with zero attached hydrogens (tertiary/aromatic N) is 1. The number of amides is 1. The first-order valence-corrected chi connectivity index (χ1v) is 26.1. The molecule has 0 spiro atoms. The third-order valence-electron chi connectivity index (χ3n) is 18.1. The van der Waals surface area contributed by atoms with Crippen molar-refractivity contribution in [1.82, 2.24) is 4.90 Å². The molecule has 15 heteroatoms. The number of hydrogen-bond donors (Lipinski definition) is 3. The second-order valence-electron chi connectivity index (χ2n) is 22.9. The molecule has 6 rings (SSSR count). The molecular weight excluding hydrogens is 899 g/mol. The molecule has 3 saturated carbocycles. The molecule has 0 aromatic carbocycles. The van der Waals surface area contributed by atoms with Crippen LogP contribution in [0, 0.1) is 46.3 Å². The van der Waals surface area contributed by atoms with Gasteiger partial charge in [0.05, 0.1) is 30.5 Å². The van der Waals surface area contributed by atoms with E-state index >= 15 is 0 Å². The number of cyclic esters (lactones) is 1. The molecule has 0 aromatic rings. The van der Waals surface area contributed by atoms with Crippen LogP contribution in [0.5, 0.6) is 0 Å². The standard InChI is InChI=1S/C55H85NO14/c1-31-23-32(2)25-44(66-10)49-45(67-11)27-34(4)55(64,70-49)50(61)51(62)56-22-13-12-16-39(56)52(63)69-48(33(3)26-36-18-19-40(57)43(28-36)65-9)35(5)41(58)30-42(59)37(24-31)15-14-17-47(60)68-46-29-38-20-21-54(46,8)53(38,6)7/h14,17,24,26,32,34-41,43-46,48-49,57-58,64H,12-13,15-16,18-23,25,27-30H2,1-11H3/b17-14+,31-24+,33-26+/t32-,34+,35+,36-,37+,38?,39-,40+,41-,43+,44-,45-,46?,48+,49+,54?,55+/m0/s1. The summed E-state index contributed by atoms with van der Waals surface area (Å²) in [5.74, 6) is -8.34.